The molecule has 4 rings (SSSR count). The fourth-order valence-electron chi connectivity index (χ4n) is 3.72. The highest BCUT2D eigenvalue weighted by Crippen LogP contribution is 2.22. The second-order valence-electron chi connectivity index (χ2n) is 6.88. The van der Waals surface area contributed by atoms with Gasteiger partial charge in [-0.05, 0) is 43.9 Å². The summed E-state index contributed by atoms with van der Waals surface area (Å²) in [6.45, 7) is 8.12. The summed E-state index contributed by atoms with van der Waals surface area (Å²) >= 11 is 0. The number of pyridine rings is 1. The topological polar surface area (TPSA) is 48.4 Å². The molecule has 6 nitrogen and oxygen atoms in total. The highest BCUT2D eigenvalue weighted by atomic mass is 15.3. The van der Waals surface area contributed by atoms with E-state index in [4.69, 9.17) is 4.98 Å². The van der Waals surface area contributed by atoms with E-state index in [1.165, 1.54) is 24.8 Å². The van der Waals surface area contributed by atoms with Crippen LogP contribution in [-0.2, 0) is 0 Å². The number of nitrogens with zero attached hydrogens (tertiary/aromatic N) is 6. The van der Waals surface area contributed by atoms with E-state index in [0.29, 0.717) is 0 Å². The predicted molar refractivity (Wildman–Crippen MR) is 101 cm³/mol. The molecule has 2 aliphatic rings. The summed E-state index contributed by atoms with van der Waals surface area (Å²) < 4.78 is 0. The molecule has 2 saturated heterocycles. The third-order valence-corrected chi connectivity index (χ3v) is 5.15. The SMILES string of the molecule is Cc1cccnc1N1CCN(c2nccc(N3CCCCC3)n2)CC1. The third kappa shape index (κ3) is 3.52. The Balaban J connectivity index is 1.43. The number of anilines is 3. The molecule has 0 aromatic carbocycles. The number of piperazine rings is 1. The lowest BCUT2D eigenvalue weighted by Gasteiger charge is -2.36. The van der Waals surface area contributed by atoms with Gasteiger partial charge in [-0.15, -0.1) is 0 Å². The second-order valence-corrected chi connectivity index (χ2v) is 6.88. The third-order valence-electron chi connectivity index (χ3n) is 5.15. The zero-order chi connectivity index (χ0) is 17.1. The van der Waals surface area contributed by atoms with Gasteiger partial charge in [-0.3, -0.25) is 0 Å². The first kappa shape index (κ1) is 16.1. The van der Waals surface area contributed by atoms with Crippen LogP contribution in [0.15, 0.2) is 30.6 Å². The van der Waals surface area contributed by atoms with Crippen LogP contribution in [0.5, 0.6) is 0 Å². The van der Waals surface area contributed by atoms with Crippen LogP contribution in [0.2, 0.25) is 0 Å². The molecule has 0 atom stereocenters. The Kier molecular flexibility index (Phi) is 4.68. The van der Waals surface area contributed by atoms with Gasteiger partial charge in [0.1, 0.15) is 11.6 Å². The summed E-state index contributed by atoms with van der Waals surface area (Å²) in [4.78, 5) is 21.0. The maximum atomic E-state index is 4.84. The van der Waals surface area contributed by atoms with Gasteiger partial charge >= 0.3 is 0 Å². The van der Waals surface area contributed by atoms with Crippen molar-refractivity contribution in [2.45, 2.75) is 26.2 Å². The molecule has 4 heterocycles. The van der Waals surface area contributed by atoms with E-state index in [-0.39, 0.29) is 0 Å². The number of hydrogen-bond acceptors (Lipinski definition) is 6. The molecule has 0 unspecified atom stereocenters. The Bertz CT molecular complexity index is 705. The first-order valence-corrected chi connectivity index (χ1v) is 9.31. The van der Waals surface area contributed by atoms with Gasteiger partial charge in [0.2, 0.25) is 5.95 Å². The van der Waals surface area contributed by atoms with E-state index < -0.39 is 0 Å². The van der Waals surface area contributed by atoms with Crippen molar-refractivity contribution >= 4 is 17.6 Å². The largest absolute Gasteiger partial charge is 0.356 e. The molecule has 0 N–H and O–H groups in total. The first-order valence-electron chi connectivity index (χ1n) is 9.31. The Hall–Kier alpha value is -2.37. The Morgan fingerprint density at radius 1 is 0.760 bits per heavy atom. The van der Waals surface area contributed by atoms with E-state index in [1.807, 2.05) is 24.5 Å². The molecule has 0 aliphatic carbocycles. The number of hydrogen-bond donors (Lipinski definition) is 0. The number of piperidine rings is 1. The lowest BCUT2D eigenvalue weighted by atomic mass is 10.1. The van der Waals surface area contributed by atoms with E-state index in [9.17, 15) is 0 Å². The van der Waals surface area contributed by atoms with Gasteiger partial charge in [0.15, 0.2) is 0 Å². The molecule has 132 valence electrons. The van der Waals surface area contributed by atoms with Crippen molar-refractivity contribution in [2.24, 2.45) is 0 Å². The minimum absolute atomic E-state index is 0.862. The number of aromatic nitrogens is 3. The zero-order valence-corrected chi connectivity index (χ0v) is 14.9. The van der Waals surface area contributed by atoms with Crippen LogP contribution < -0.4 is 14.7 Å². The molecule has 0 amide bonds. The fraction of sp³-hybridized carbons (Fsp3) is 0.526. The summed E-state index contributed by atoms with van der Waals surface area (Å²) in [6.07, 6.45) is 7.65. The van der Waals surface area contributed by atoms with Gasteiger partial charge in [0.25, 0.3) is 0 Å². The maximum absolute atomic E-state index is 4.84. The van der Waals surface area contributed by atoms with E-state index in [2.05, 4.69) is 37.7 Å². The summed E-state index contributed by atoms with van der Waals surface area (Å²) in [5, 5.41) is 0. The highest BCUT2D eigenvalue weighted by Gasteiger charge is 2.22. The highest BCUT2D eigenvalue weighted by molar-refractivity contribution is 5.49. The molecule has 6 heteroatoms. The standard InChI is InChI=1S/C19H26N6/c1-16-6-5-8-20-18(16)24-12-14-25(15-13-24)19-21-9-7-17(22-19)23-10-3-2-4-11-23/h5-9H,2-4,10-15H2,1H3. The number of rotatable bonds is 3. The molecule has 2 aromatic rings. The average molecular weight is 338 g/mol. The van der Waals surface area contributed by atoms with Crippen molar-refractivity contribution in [1.29, 1.82) is 0 Å². The first-order chi connectivity index (χ1) is 12.3. The zero-order valence-electron chi connectivity index (χ0n) is 14.9. The molecule has 2 aromatic heterocycles. The maximum Gasteiger partial charge on any atom is 0.227 e. The van der Waals surface area contributed by atoms with Crippen molar-refractivity contribution in [3.8, 4) is 0 Å². The predicted octanol–water partition coefficient (Wildman–Crippen LogP) is 2.50. The van der Waals surface area contributed by atoms with Gasteiger partial charge in [-0.25, -0.2) is 9.97 Å². The van der Waals surface area contributed by atoms with E-state index in [0.717, 1.165) is 56.9 Å². The van der Waals surface area contributed by atoms with Gasteiger partial charge in [-0.1, -0.05) is 6.07 Å². The molecule has 2 fully saturated rings. The van der Waals surface area contributed by atoms with Gasteiger partial charge in [0, 0.05) is 51.7 Å². The molecule has 0 radical (unpaired) electrons. The smallest absolute Gasteiger partial charge is 0.227 e. The summed E-state index contributed by atoms with van der Waals surface area (Å²) in [5.74, 6) is 3.04. The van der Waals surface area contributed by atoms with Gasteiger partial charge in [-0.2, -0.15) is 4.98 Å². The fourth-order valence-corrected chi connectivity index (χ4v) is 3.72. The van der Waals surface area contributed by atoms with E-state index >= 15 is 0 Å². The van der Waals surface area contributed by atoms with Crippen molar-refractivity contribution in [3.05, 3.63) is 36.2 Å². The lowest BCUT2D eigenvalue weighted by molar-refractivity contribution is 0.571. The van der Waals surface area contributed by atoms with Crippen molar-refractivity contribution in [1.82, 2.24) is 15.0 Å². The molecule has 0 saturated carbocycles. The van der Waals surface area contributed by atoms with Crippen LogP contribution in [0.4, 0.5) is 17.6 Å². The molecule has 0 bridgehead atoms. The summed E-state index contributed by atoms with van der Waals surface area (Å²) in [5.41, 5.74) is 1.24. The van der Waals surface area contributed by atoms with Crippen molar-refractivity contribution in [3.63, 3.8) is 0 Å². The van der Waals surface area contributed by atoms with Crippen LogP contribution in [-0.4, -0.2) is 54.2 Å². The Labute approximate surface area is 149 Å². The van der Waals surface area contributed by atoms with Gasteiger partial charge in [0.05, 0.1) is 0 Å². The molecule has 0 spiro atoms. The number of aryl methyl sites for hydroxylation is 1. The summed E-state index contributed by atoms with van der Waals surface area (Å²) in [7, 11) is 0. The monoisotopic (exact) mass is 338 g/mol. The molecule has 2 aliphatic heterocycles. The lowest BCUT2D eigenvalue weighted by Crippen LogP contribution is -2.47. The van der Waals surface area contributed by atoms with Crippen molar-refractivity contribution in [2.75, 3.05) is 54.0 Å². The van der Waals surface area contributed by atoms with Crippen LogP contribution in [0.25, 0.3) is 0 Å². The van der Waals surface area contributed by atoms with Crippen LogP contribution in [0, 0.1) is 6.92 Å². The van der Waals surface area contributed by atoms with Crippen molar-refractivity contribution < 1.29 is 0 Å². The molecule has 25 heavy (non-hydrogen) atoms. The summed E-state index contributed by atoms with van der Waals surface area (Å²) in [6, 6.07) is 6.16. The van der Waals surface area contributed by atoms with E-state index in [1.54, 1.807) is 0 Å². The Morgan fingerprint density at radius 3 is 2.28 bits per heavy atom. The second kappa shape index (κ2) is 7.25. The quantitative estimate of drug-likeness (QED) is 0.857. The minimum atomic E-state index is 0.862. The molecular weight excluding hydrogens is 312 g/mol. The minimum Gasteiger partial charge on any atom is -0.356 e. The molecular formula is C19H26N6. The van der Waals surface area contributed by atoms with Crippen LogP contribution >= 0.6 is 0 Å². The van der Waals surface area contributed by atoms with Gasteiger partial charge < -0.3 is 14.7 Å². The average Bonchev–Trinajstić information content (AvgIpc) is 2.69. The Morgan fingerprint density at radius 2 is 1.52 bits per heavy atom. The van der Waals surface area contributed by atoms with Crippen LogP contribution in [0.3, 0.4) is 0 Å². The normalized spacial score (nSPS) is 18.5. The van der Waals surface area contributed by atoms with Crippen LogP contribution in [0.1, 0.15) is 24.8 Å².